The number of anilines is 2. The predicted molar refractivity (Wildman–Crippen MR) is 121 cm³/mol. The summed E-state index contributed by atoms with van der Waals surface area (Å²) in [5.41, 5.74) is 2.25. The third kappa shape index (κ3) is 3.01. The van der Waals surface area contributed by atoms with Gasteiger partial charge in [0.1, 0.15) is 16.0 Å². The van der Waals surface area contributed by atoms with Gasteiger partial charge in [-0.15, -0.1) is 22.7 Å². The maximum atomic E-state index is 14.9. The van der Waals surface area contributed by atoms with Gasteiger partial charge in [-0.2, -0.15) is 0 Å². The minimum Gasteiger partial charge on any atom is -0.350 e. The van der Waals surface area contributed by atoms with Crippen LogP contribution in [0.15, 0.2) is 29.9 Å². The van der Waals surface area contributed by atoms with E-state index in [1.807, 2.05) is 0 Å². The number of hydrogen-bond acceptors (Lipinski definition) is 6. The summed E-state index contributed by atoms with van der Waals surface area (Å²) in [5.74, 6) is -0.883. The number of benzene rings is 1. The molecule has 5 rings (SSSR count). The van der Waals surface area contributed by atoms with Crippen molar-refractivity contribution in [3.05, 3.63) is 46.4 Å². The molecule has 4 heterocycles. The van der Waals surface area contributed by atoms with Crippen LogP contribution >= 0.6 is 22.7 Å². The first-order valence-corrected chi connectivity index (χ1v) is 11.7. The number of thiazole rings is 1. The van der Waals surface area contributed by atoms with E-state index in [4.69, 9.17) is 0 Å². The third-order valence-electron chi connectivity index (χ3n) is 6.31. The number of likely N-dealkylation sites (tertiary alicyclic amines) is 1. The molecular formula is C22H22F2N4S2. The molecule has 4 aromatic rings. The molecule has 0 spiro atoms. The smallest absolute Gasteiger partial charge is 0.176 e. The summed E-state index contributed by atoms with van der Waals surface area (Å²) >= 11 is 2.89. The second kappa shape index (κ2) is 7.21. The highest BCUT2D eigenvalue weighted by Crippen LogP contribution is 2.46. The van der Waals surface area contributed by atoms with Crippen molar-refractivity contribution in [2.75, 3.05) is 18.4 Å². The summed E-state index contributed by atoms with van der Waals surface area (Å²) in [6, 6.07) is 5.23. The largest absolute Gasteiger partial charge is 0.350 e. The van der Waals surface area contributed by atoms with Gasteiger partial charge in [-0.1, -0.05) is 6.92 Å². The highest BCUT2D eigenvalue weighted by Gasteiger charge is 2.41. The van der Waals surface area contributed by atoms with Gasteiger partial charge < -0.3 is 5.32 Å². The standard InChI is InChI=1S/C22H22F2N4S2/c1-4-28-8-6-13(22(28,2)3)16-9-12-15(5-7-25-21(12)30-16)27-19-14(23)10-17-20(18(19)24)26-11-29-17/h5,7,9-11,13H,4,6,8H2,1-3H3,(H,25,27). The number of thiophene rings is 1. The minimum atomic E-state index is -0.665. The van der Waals surface area contributed by atoms with Gasteiger partial charge in [0.15, 0.2) is 11.6 Å². The molecule has 0 radical (unpaired) electrons. The lowest BCUT2D eigenvalue weighted by Gasteiger charge is -2.35. The van der Waals surface area contributed by atoms with Crippen molar-refractivity contribution in [1.82, 2.24) is 14.9 Å². The summed E-state index contributed by atoms with van der Waals surface area (Å²) in [6.45, 7) is 8.88. The summed E-state index contributed by atoms with van der Waals surface area (Å²) < 4.78 is 30.0. The number of likely N-dealkylation sites (N-methyl/N-ethyl adjacent to an activating group) is 1. The van der Waals surface area contributed by atoms with Gasteiger partial charge in [-0.25, -0.2) is 18.7 Å². The van der Waals surface area contributed by atoms with Crippen LogP contribution in [0.4, 0.5) is 20.2 Å². The Hall–Kier alpha value is -2.16. The second-order valence-electron chi connectivity index (χ2n) is 8.17. The fourth-order valence-electron chi connectivity index (χ4n) is 4.62. The first-order valence-electron chi connectivity index (χ1n) is 10.0. The van der Waals surface area contributed by atoms with E-state index in [1.165, 1.54) is 27.8 Å². The quantitative estimate of drug-likeness (QED) is 0.389. The predicted octanol–water partition coefficient (Wildman–Crippen LogP) is 6.52. The molecule has 0 bridgehead atoms. The average Bonchev–Trinajstić information content (AvgIpc) is 3.41. The van der Waals surface area contributed by atoms with E-state index in [1.54, 1.807) is 23.6 Å². The molecule has 30 heavy (non-hydrogen) atoms. The SMILES string of the molecule is CCN1CCC(c2cc3c(Nc4c(F)cc5scnc5c4F)ccnc3s2)C1(C)C. The van der Waals surface area contributed by atoms with Gasteiger partial charge in [0.2, 0.25) is 0 Å². The van der Waals surface area contributed by atoms with Crippen molar-refractivity contribution in [3.63, 3.8) is 0 Å². The number of fused-ring (bicyclic) bond motifs is 2. The second-order valence-corrected chi connectivity index (χ2v) is 10.1. The number of nitrogens with zero attached hydrogens (tertiary/aromatic N) is 3. The molecule has 1 aromatic carbocycles. The van der Waals surface area contributed by atoms with Crippen molar-refractivity contribution < 1.29 is 8.78 Å². The maximum Gasteiger partial charge on any atom is 0.176 e. The van der Waals surface area contributed by atoms with E-state index >= 15 is 0 Å². The lowest BCUT2D eigenvalue weighted by atomic mass is 9.87. The molecule has 8 heteroatoms. The van der Waals surface area contributed by atoms with Crippen molar-refractivity contribution >= 4 is 54.5 Å². The zero-order valence-corrected chi connectivity index (χ0v) is 18.6. The van der Waals surface area contributed by atoms with Crippen LogP contribution in [0.1, 0.15) is 38.0 Å². The van der Waals surface area contributed by atoms with Crippen LogP contribution < -0.4 is 5.32 Å². The van der Waals surface area contributed by atoms with Crippen LogP contribution in [0.5, 0.6) is 0 Å². The van der Waals surface area contributed by atoms with Gasteiger partial charge in [0.25, 0.3) is 0 Å². The zero-order valence-electron chi connectivity index (χ0n) is 17.0. The molecule has 1 N–H and O–H groups in total. The number of halogens is 2. The van der Waals surface area contributed by atoms with E-state index in [0.717, 1.165) is 29.7 Å². The van der Waals surface area contributed by atoms with Crippen molar-refractivity contribution in [3.8, 4) is 0 Å². The molecule has 3 aromatic heterocycles. The van der Waals surface area contributed by atoms with Gasteiger partial charge in [0, 0.05) is 27.9 Å². The van der Waals surface area contributed by atoms with E-state index in [9.17, 15) is 8.78 Å². The Kier molecular flexibility index (Phi) is 4.76. The Morgan fingerprint density at radius 2 is 2.10 bits per heavy atom. The van der Waals surface area contributed by atoms with E-state index < -0.39 is 11.6 Å². The molecule has 1 aliphatic heterocycles. The molecule has 1 fully saturated rings. The molecule has 156 valence electrons. The lowest BCUT2D eigenvalue weighted by molar-refractivity contribution is 0.171. The monoisotopic (exact) mass is 444 g/mol. The summed E-state index contributed by atoms with van der Waals surface area (Å²) in [6.07, 6.45) is 2.78. The van der Waals surface area contributed by atoms with Crippen LogP contribution in [-0.4, -0.2) is 33.5 Å². The van der Waals surface area contributed by atoms with E-state index in [-0.39, 0.29) is 16.7 Å². The Labute approximate surface area is 181 Å². The van der Waals surface area contributed by atoms with E-state index in [2.05, 4.69) is 47.0 Å². The van der Waals surface area contributed by atoms with Crippen LogP contribution in [0, 0.1) is 11.6 Å². The molecule has 1 unspecified atom stereocenters. The molecular weight excluding hydrogens is 422 g/mol. The molecule has 1 saturated heterocycles. The van der Waals surface area contributed by atoms with Crippen LogP contribution in [0.2, 0.25) is 0 Å². The first kappa shape index (κ1) is 19.8. The molecule has 4 nitrogen and oxygen atoms in total. The van der Waals surface area contributed by atoms with Crippen molar-refractivity contribution in [2.24, 2.45) is 0 Å². The molecule has 0 amide bonds. The van der Waals surface area contributed by atoms with Crippen LogP contribution in [0.25, 0.3) is 20.4 Å². The van der Waals surface area contributed by atoms with E-state index in [0.29, 0.717) is 16.3 Å². The number of aromatic nitrogens is 2. The van der Waals surface area contributed by atoms with Gasteiger partial charge >= 0.3 is 0 Å². The summed E-state index contributed by atoms with van der Waals surface area (Å²) in [7, 11) is 0. The van der Waals surface area contributed by atoms with Gasteiger partial charge in [0.05, 0.1) is 15.9 Å². The Morgan fingerprint density at radius 3 is 2.87 bits per heavy atom. The zero-order chi connectivity index (χ0) is 21.0. The summed E-state index contributed by atoms with van der Waals surface area (Å²) in [4.78, 5) is 13.2. The van der Waals surface area contributed by atoms with Gasteiger partial charge in [-0.05, 0) is 51.6 Å². The highest BCUT2D eigenvalue weighted by atomic mass is 32.1. The van der Waals surface area contributed by atoms with Crippen molar-refractivity contribution in [2.45, 2.75) is 38.6 Å². The number of nitrogens with one attached hydrogen (secondary N) is 1. The molecule has 0 saturated carbocycles. The Bertz CT molecular complexity index is 1250. The van der Waals surface area contributed by atoms with Crippen LogP contribution in [0.3, 0.4) is 0 Å². The molecule has 1 atom stereocenters. The Morgan fingerprint density at radius 1 is 1.27 bits per heavy atom. The topological polar surface area (TPSA) is 41.0 Å². The number of rotatable bonds is 4. The first-order chi connectivity index (χ1) is 14.4. The number of hydrogen-bond donors (Lipinski definition) is 1. The van der Waals surface area contributed by atoms with Gasteiger partial charge in [-0.3, -0.25) is 4.90 Å². The highest BCUT2D eigenvalue weighted by molar-refractivity contribution is 7.18. The number of pyridine rings is 1. The fourth-order valence-corrected chi connectivity index (χ4v) is 6.66. The Balaban J connectivity index is 1.56. The minimum absolute atomic E-state index is 0.0666. The molecule has 1 aliphatic rings. The summed E-state index contributed by atoms with van der Waals surface area (Å²) in [5, 5.41) is 3.87. The van der Waals surface area contributed by atoms with Crippen molar-refractivity contribution in [1.29, 1.82) is 0 Å². The fraction of sp³-hybridized carbons (Fsp3) is 0.364. The maximum absolute atomic E-state index is 14.9. The molecule has 0 aliphatic carbocycles. The normalized spacial score (nSPS) is 19.2. The average molecular weight is 445 g/mol. The van der Waals surface area contributed by atoms with Crippen LogP contribution in [-0.2, 0) is 0 Å². The third-order valence-corrected chi connectivity index (χ3v) is 8.25. The lowest BCUT2D eigenvalue weighted by Crippen LogP contribution is -2.41.